The highest BCUT2D eigenvalue weighted by Crippen LogP contribution is 2.30. The van der Waals surface area contributed by atoms with Gasteiger partial charge in [-0.3, -0.25) is 9.59 Å². The zero-order valence-corrected chi connectivity index (χ0v) is 11.4. The van der Waals surface area contributed by atoms with Crippen molar-refractivity contribution in [3.8, 4) is 0 Å². The van der Waals surface area contributed by atoms with Crippen LogP contribution < -0.4 is 5.32 Å². The lowest BCUT2D eigenvalue weighted by molar-refractivity contribution is -0.142. The van der Waals surface area contributed by atoms with E-state index < -0.39 is 12.0 Å². The predicted molar refractivity (Wildman–Crippen MR) is 70.2 cm³/mol. The first kappa shape index (κ1) is 15.0. The smallest absolute Gasteiger partial charge is 0.325 e. The van der Waals surface area contributed by atoms with Crippen LogP contribution in [0.4, 0.5) is 0 Å². The molecule has 0 bridgehead atoms. The first-order valence-corrected chi connectivity index (χ1v) is 7.07. The van der Waals surface area contributed by atoms with Crippen molar-refractivity contribution in [2.75, 3.05) is 0 Å². The lowest BCUT2D eigenvalue weighted by Crippen LogP contribution is -2.42. The molecule has 1 amide bonds. The first-order valence-electron chi connectivity index (χ1n) is 7.07. The Hall–Kier alpha value is -1.06. The molecule has 1 aliphatic rings. The van der Waals surface area contributed by atoms with Gasteiger partial charge in [-0.25, -0.2) is 0 Å². The molecule has 0 radical (unpaired) electrons. The third-order valence-corrected chi connectivity index (χ3v) is 3.94. The summed E-state index contributed by atoms with van der Waals surface area (Å²) in [5.41, 5.74) is 0. The van der Waals surface area contributed by atoms with Crippen LogP contribution in [0.1, 0.15) is 58.8 Å². The Labute approximate surface area is 109 Å². The summed E-state index contributed by atoms with van der Waals surface area (Å²) >= 11 is 0. The fraction of sp³-hybridized carbons (Fsp3) is 0.857. The second-order valence-corrected chi connectivity index (χ2v) is 5.41. The van der Waals surface area contributed by atoms with E-state index in [-0.39, 0.29) is 11.8 Å². The molecule has 2 atom stereocenters. The molecule has 4 heteroatoms. The molecule has 1 unspecified atom stereocenters. The maximum atomic E-state index is 12.0. The van der Waals surface area contributed by atoms with Crippen LogP contribution in [0.3, 0.4) is 0 Å². The fourth-order valence-electron chi connectivity index (χ4n) is 2.68. The number of rotatable bonds is 6. The molecule has 0 aromatic rings. The SMILES string of the molecule is CCC(CC1CCCCC1)C(=O)N[C@@H](C)C(=O)O. The third kappa shape index (κ3) is 4.67. The lowest BCUT2D eigenvalue weighted by Gasteiger charge is -2.26. The molecule has 0 aromatic carbocycles. The topological polar surface area (TPSA) is 66.4 Å². The second-order valence-electron chi connectivity index (χ2n) is 5.41. The predicted octanol–water partition coefficient (Wildman–Crippen LogP) is 2.57. The van der Waals surface area contributed by atoms with E-state index in [9.17, 15) is 9.59 Å². The molecule has 2 N–H and O–H groups in total. The summed E-state index contributed by atoms with van der Waals surface area (Å²) in [5.74, 6) is -0.460. The van der Waals surface area contributed by atoms with Gasteiger partial charge in [0.15, 0.2) is 0 Å². The van der Waals surface area contributed by atoms with Crippen LogP contribution in [-0.4, -0.2) is 23.0 Å². The second kappa shape index (κ2) is 7.39. The molecule has 104 valence electrons. The minimum Gasteiger partial charge on any atom is -0.480 e. The molecule has 0 spiro atoms. The summed E-state index contributed by atoms with van der Waals surface area (Å²) in [4.78, 5) is 22.7. The van der Waals surface area contributed by atoms with Crippen LogP contribution in [0, 0.1) is 11.8 Å². The van der Waals surface area contributed by atoms with Gasteiger partial charge < -0.3 is 10.4 Å². The van der Waals surface area contributed by atoms with Crippen LogP contribution in [0.15, 0.2) is 0 Å². The van der Waals surface area contributed by atoms with Crippen LogP contribution in [0.5, 0.6) is 0 Å². The quantitative estimate of drug-likeness (QED) is 0.766. The van der Waals surface area contributed by atoms with Crippen molar-refractivity contribution in [1.82, 2.24) is 5.32 Å². The summed E-state index contributed by atoms with van der Waals surface area (Å²) in [6.45, 7) is 3.51. The number of aliphatic carboxylic acids is 1. The summed E-state index contributed by atoms with van der Waals surface area (Å²) in [5, 5.41) is 11.4. The number of nitrogens with one attached hydrogen (secondary N) is 1. The van der Waals surface area contributed by atoms with Gasteiger partial charge in [0.2, 0.25) is 5.91 Å². The van der Waals surface area contributed by atoms with E-state index in [1.807, 2.05) is 6.92 Å². The fourth-order valence-corrected chi connectivity index (χ4v) is 2.68. The van der Waals surface area contributed by atoms with E-state index in [1.165, 1.54) is 39.0 Å². The number of hydrogen-bond donors (Lipinski definition) is 2. The van der Waals surface area contributed by atoms with E-state index in [4.69, 9.17) is 5.11 Å². The average molecular weight is 255 g/mol. The Morgan fingerprint density at radius 3 is 2.39 bits per heavy atom. The van der Waals surface area contributed by atoms with Gasteiger partial charge in [-0.15, -0.1) is 0 Å². The molecule has 0 heterocycles. The molecule has 1 saturated carbocycles. The minimum atomic E-state index is -0.976. The summed E-state index contributed by atoms with van der Waals surface area (Å²) in [6.07, 6.45) is 8.00. The maximum absolute atomic E-state index is 12.0. The summed E-state index contributed by atoms with van der Waals surface area (Å²) < 4.78 is 0. The van der Waals surface area contributed by atoms with Crippen molar-refractivity contribution < 1.29 is 14.7 Å². The number of amides is 1. The number of carbonyl (C=O) groups is 2. The van der Waals surface area contributed by atoms with E-state index in [0.717, 1.165) is 12.8 Å². The van der Waals surface area contributed by atoms with Crippen molar-refractivity contribution >= 4 is 11.9 Å². The van der Waals surface area contributed by atoms with Gasteiger partial charge in [-0.2, -0.15) is 0 Å². The number of hydrogen-bond acceptors (Lipinski definition) is 2. The Morgan fingerprint density at radius 1 is 1.28 bits per heavy atom. The zero-order valence-electron chi connectivity index (χ0n) is 11.4. The molecule has 1 rings (SSSR count). The number of carboxylic acids is 1. The summed E-state index contributed by atoms with van der Waals surface area (Å²) in [6, 6.07) is -0.794. The van der Waals surface area contributed by atoms with Crippen molar-refractivity contribution in [2.45, 2.75) is 64.8 Å². The molecule has 1 fully saturated rings. The van der Waals surface area contributed by atoms with Gasteiger partial charge in [-0.05, 0) is 25.7 Å². The third-order valence-electron chi connectivity index (χ3n) is 3.94. The van der Waals surface area contributed by atoms with Crippen molar-refractivity contribution in [2.24, 2.45) is 11.8 Å². The van der Waals surface area contributed by atoms with Crippen LogP contribution in [-0.2, 0) is 9.59 Å². The van der Waals surface area contributed by atoms with Crippen molar-refractivity contribution in [3.63, 3.8) is 0 Å². The Kier molecular flexibility index (Phi) is 6.16. The molecule has 0 aliphatic heterocycles. The van der Waals surface area contributed by atoms with Crippen molar-refractivity contribution in [1.29, 1.82) is 0 Å². The standard InChI is InChI=1S/C14H25NO3/c1-3-12(9-11-7-5-4-6-8-11)13(16)15-10(2)14(17)18/h10-12H,3-9H2,1-2H3,(H,15,16)(H,17,18)/t10-,12?/m0/s1. The Balaban J connectivity index is 2.43. The highest BCUT2D eigenvalue weighted by atomic mass is 16.4. The molecule has 0 saturated heterocycles. The maximum Gasteiger partial charge on any atom is 0.325 e. The highest BCUT2D eigenvalue weighted by Gasteiger charge is 2.25. The molecule has 4 nitrogen and oxygen atoms in total. The summed E-state index contributed by atoms with van der Waals surface area (Å²) in [7, 11) is 0. The van der Waals surface area contributed by atoms with Crippen LogP contribution in [0.2, 0.25) is 0 Å². The van der Waals surface area contributed by atoms with Gasteiger partial charge in [0.25, 0.3) is 0 Å². The van der Waals surface area contributed by atoms with Gasteiger partial charge in [0.05, 0.1) is 0 Å². The van der Waals surface area contributed by atoms with Gasteiger partial charge in [0.1, 0.15) is 6.04 Å². The normalized spacial score (nSPS) is 20.1. The van der Waals surface area contributed by atoms with Gasteiger partial charge >= 0.3 is 5.97 Å². The molecular weight excluding hydrogens is 230 g/mol. The van der Waals surface area contributed by atoms with E-state index in [2.05, 4.69) is 5.32 Å². The van der Waals surface area contributed by atoms with E-state index in [0.29, 0.717) is 5.92 Å². The monoisotopic (exact) mass is 255 g/mol. The van der Waals surface area contributed by atoms with Crippen LogP contribution in [0.25, 0.3) is 0 Å². The Morgan fingerprint density at radius 2 is 1.89 bits per heavy atom. The largest absolute Gasteiger partial charge is 0.480 e. The molecule has 1 aliphatic carbocycles. The molecular formula is C14H25NO3. The molecule has 18 heavy (non-hydrogen) atoms. The van der Waals surface area contributed by atoms with Gasteiger partial charge in [0, 0.05) is 5.92 Å². The first-order chi connectivity index (χ1) is 8.54. The Bertz CT molecular complexity index is 285. The number of carboxylic acid groups (broad SMARTS) is 1. The van der Waals surface area contributed by atoms with Crippen molar-refractivity contribution in [3.05, 3.63) is 0 Å². The highest BCUT2D eigenvalue weighted by molar-refractivity contribution is 5.84. The van der Waals surface area contributed by atoms with E-state index in [1.54, 1.807) is 0 Å². The van der Waals surface area contributed by atoms with E-state index >= 15 is 0 Å². The number of carbonyl (C=O) groups excluding carboxylic acids is 1. The lowest BCUT2D eigenvalue weighted by atomic mass is 9.81. The average Bonchev–Trinajstić information content (AvgIpc) is 2.36. The van der Waals surface area contributed by atoms with Crippen LogP contribution >= 0.6 is 0 Å². The minimum absolute atomic E-state index is 0.0325. The molecule has 0 aromatic heterocycles. The zero-order chi connectivity index (χ0) is 13.5. The van der Waals surface area contributed by atoms with Gasteiger partial charge in [-0.1, -0.05) is 39.0 Å².